The Morgan fingerprint density at radius 3 is 2.62 bits per heavy atom. The lowest BCUT2D eigenvalue weighted by Gasteiger charge is -2.44. The van der Waals surface area contributed by atoms with Crippen molar-refractivity contribution in [3.8, 4) is 0 Å². The van der Waals surface area contributed by atoms with E-state index >= 15 is 0 Å². The number of hydrogen-bond donors (Lipinski definition) is 1. The number of nitrogens with zero attached hydrogens (tertiary/aromatic N) is 5. The van der Waals surface area contributed by atoms with Crippen molar-refractivity contribution in [2.24, 2.45) is 0 Å². The molecule has 116 valence electrons. The summed E-state index contributed by atoms with van der Waals surface area (Å²) < 4.78 is 0. The van der Waals surface area contributed by atoms with Crippen LogP contribution in [0.15, 0.2) is 12.3 Å². The molecule has 6 nitrogen and oxygen atoms in total. The van der Waals surface area contributed by atoms with E-state index < -0.39 is 0 Å². The molecule has 2 saturated heterocycles. The molecule has 0 bridgehead atoms. The fraction of sp³-hybridized carbons (Fsp3) is 0.733. The zero-order chi connectivity index (χ0) is 14.9. The molecule has 0 spiro atoms. The van der Waals surface area contributed by atoms with Gasteiger partial charge in [-0.1, -0.05) is 0 Å². The van der Waals surface area contributed by atoms with Gasteiger partial charge in [-0.15, -0.1) is 0 Å². The Bertz CT molecular complexity index is 481. The van der Waals surface area contributed by atoms with Crippen LogP contribution in [0.25, 0.3) is 0 Å². The molecule has 3 rings (SSSR count). The van der Waals surface area contributed by atoms with E-state index in [9.17, 15) is 0 Å². The van der Waals surface area contributed by atoms with Crippen LogP contribution in [0.2, 0.25) is 0 Å². The van der Waals surface area contributed by atoms with Crippen molar-refractivity contribution in [1.82, 2.24) is 20.2 Å². The Labute approximate surface area is 127 Å². The highest BCUT2D eigenvalue weighted by Crippen LogP contribution is 2.24. The molecule has 21 heavy (non-hydrogen) atoms. The number of nitrogens with one attached hydrogen (secondary N) is 1. The molecule has 0 aliphatic carbocycles. The van der Waals surface area contributed by atoms with Crippen LogP contribution in [0.3, 0.4) is 0 Å². The lowest BCUT2D eigenvalue weighted by atomic mass is 10.0. The van der Waals surface area contributed by atoms with Crippen LogP contribution in [0.4, 0.5) is 11.8 Å². The molecule has 0 aromatic carbocycles. The van der Waals surface area contributed by atoms with Gasteiger partial charge in [0.1, 0.15) is 5.82 Å². The summed E-state index contributed by atoms with van der Waals surface area (Å²) in [5.41, 5.74) is 0.0893. The number of likely N-dealkylation sites (N-methyl/N-ethyl adjacent to an activating group) is 1. The molecular formula is C15H26N6. The van der Waals surface area contributed by atoms with Crippen LogP contribution in [0.5, 0.6) is 0 Å². The van der Waals surface area contributed by atoms with Crippen LogP contribution >= 0.6 is 0 Å². The number of rotatable bonds is 2. The Morgan fingerprint density at radius 2 is 1.90 bits per heavy atom. The van der Waals surface area contributed by atoms with Gasteiger partial charge in [-0.05, 0) is 27.0 Å². The summed E-state index contributed by atoms with van der Waals surface area (Å²) in [6.45, 7) is 11.7. The van der Waals surface area contributed by atoms with E-state index in [-0.39, 0.29) is 5.54 Å². The highest BCUT2D eigenvalue weighted by molar-refractivity contribution is 5.47. The van der Waals surface area contributed by atoms with Crippen molar-refractivity contribution in [3.05, 3.63) is 12.3 Å². The van der Waals surface area contributed by atoms with Gasteiger partial charge in [-0.2, -0.15) is 4.98 Å². The number of anilines is 2. The third-order valence-electron chi connectivity index (χ3n) is 4.49. The Kier molecular flexibility index (Phi) is 3.99. The van der Waals surface area contributed by atoms with Gasteiger partial charge >= 0.3 is 0 Å². The van der Waals surface area contributed by atoms with E-state index in [4.69, 9.17) is 4.98 Å². The molecule has 2 fully saturated rings. The van der Waals surface area contributed by atoms with Crippen molar-refractivity contribution in [2.75, 3.05) is 62.7 Å². The topological polar surface area (TPSA) is 47.5 Å². The molecule has 0 amide bonds. The van der Waals surface area contributed by atoms with Crippen LogP contribution < -0.4 is 15.1 Å². The Hall–Kier alpha value is -1.40. The van der Waals surface area contributed by atoms with Gasteiger partial charge < -0.3 is 20.0 Å². The minimum absolute atomic E-state index is 0.0893. The second-order valence-corrected chi connectivity index (χ2v) is 6.65. The molecule has 2 aliphatic rings. The zero-order valence-corrected chi connectivity index (χ0v) is 13.3. The lowest BCUT2D eigenvalue weighted by molar-refractivity contribution is 0.311. The second-order valence-electron chi connectivity index (χ2n) is 6.65. The Balaban J connectivity index is 1.79. The van der Waals surface area contributed by atoms with Crippen LogP contribution in [0.1, 0.15) is 13.8 Å². The first-order valence-electron chi connectivity index (χ1n) is 7.81. The van der Waals surface area contributed by atoms with Gasteiger partial charge in [-0.3, -0.25) is 0 Å². The number of piperazine rings is 2. The van der Waals surface area contributed by atoms with E-state index in [1.54, 1.807) is 0 Å². The Morgan fingerprint density at radius 1 is 1.14 bits per heavy atom. The van der Waals surface area contributed by atoms with Crippen molar-refractivity contribution < 1.29 is 0 Å². The largest absolute Gasteiger partial charge is 0.349 e. The highest BCUT2D eigenvalue weighted by atomic mass is 15.3. The normalized spacial score (nSPS) is 23.4. The van der Waals surface area contributed by atoms with Crippen molar-refractivity contribution in [2.45, 2.75) is 19.4 Å². The molecule has 1 aromatic rings. The van der Waals surface area contributed by atoms with Gasteiger partial charge in [0.25, 0.3) is 0 Å². The predicted octanol–water partition coefficient (Wildman–Crippen LogP) is 0.417. The summed E-state index contributed by atoms with van der Waals surface area (Å²) in [5, 5.41) is 3.46. The maximum Gasteiger partial charge on any atom is 0.227 e. The van der Waals surface area contributed by atoms with E-state index in [1.165, 1.54) is 0 Å². The first-order chi connectivity index (χ1) is 10.1. The minimum Gasteiger partial charge on any atom is -0.349 e. The van der Waals surface area contributed by atoms with Gasteiger partial charge in [0.05, 0.1) is 0 Å². The molecule has 1 N–H and O–H groups in total. The minimum atomic E-state index is 0.0893. The molecule has 1 aromatic heterocycles. The summed E-state index contributed by atoms with van der Waals surface area (Å²) in [5.74, 6) is 1.92. The van der Waals surface area contributed by atoms with Crippen LogP contribution in [0, 0.1) is 0 Å². The van der Waals surface area contributed by atoms with E-state index in [0.29, 0.717) is 0 Å². The summed E-state index contributed by atoms with van der Waals surface area (Å²) >= 11 is 0. The van der Waals surface area contributed by atoms with Crippen LogP contribution in [-0.4, -0.2) is 73.3 Å². The lowest BCUT2D eigenvalue weighted by Crippen LogP contribution is -2.58. The third-order valence-corrected chi connectivity index (χ3v) is 4.49. The van der Waals surface area contributed by atoms with Gasteiger partial charge in [0.15, 0.2) is 0 Å². The smallest absolute Gasteiger partial charge is 0.227 e. The first kappa shape index (κ1) is 14.5. The molecule has 0 unspecified atom stereocenters. The molecular weight excluding hydrogens is 264 g/mol. The molecule has 6 heteroatoms. The maximum absolute atomic E-state index is 4.84. The summed E-state index contributed by atoms with van der Waals surface area (Å²) in [4.78, 5) is 16.4. The summed E-state index contributed by atoms with van der Waals surface area (Å²) in [6.07, 6.45) is 1.90. The first-order valence-corrected chi connectivity index (χ1v) is 7.81. The van der Waals surface area contributed by atoms with E-state index in [0.717, 1.165) is 57.6 Å². The number of aromatic nitrogens is 2. The van der Waals surface area contributed by atoms with Gasteiger partial charge in [0, 0.05) is 57.5 Å². The van der Waals surface area contributed by atoms with Gasteiger partial charge in [0.2, 0.25) is 5.95 Å². The molecule has 0 saturated carbocycles. The standard InChI is InChI=1S/C15H26N6/c1-15(2)12-16-6-7-21(15)13-4-5-17-14(18-13)20-10-8-19(3)9-11-20/h4-5,16H,6-12H2,1-3H3. The summed E-state index contributed by atoms with van der Waals surface area (Å²) in [6, 6.07) is 2.03. The third kappa shape index (κ3) is 3.11. The average molecular weight is 290 g/mol. The van der Waals surface area contributed by atoms with Crippen molar-refractivity contribution in [1.29, 1.82) is 0 Å². The van der Waals surface area contributed by atoms with Crippen LogP contribution in [-0.2, 0) is 0 Å². The second kappa shape index (κ2) is 5.77. The van der Waals surface area contributed by atoms with E-state index in [1.807, 2.05) is 12.3 Å². The predicted molar refractivity (Wildman–Crippen MR) is 86.0 cm³/mol. The SMILES string of the molecule is CN1CCN(c2nccc(N3CCNCC3(C)C)n2)CC1. The van der Waals surface area contributed by atoms with Crippen molar-refractivity contribution in [3.63, 3.8) is 0 Å². The molecule has 2 aliphatic heterocycles. The fourth-order valence-corrected chi connectivity index (χ4v) is 3.06. The maximum atomic E-state index is 4.84. The van der Waals surface area contributed by atoms with Crippen molar-refractivity contribution >= 4 is 11.8 Å². The monoisotopic (exact) mass is 290 g/mol. The molecule has 3 heterocycles. The number of hydrogen-bond acceptors (Lipinski definition) is 6. The van der Waals surface area contributed by atoms with E-state index in [2.05, 4.69) is 45.9 Å². The summed E-state index contributed by atoms with van der Waals surface area (Å²) in [7, 11) is 2.16. The van der Waals surface area contributed by atoms with Gasteiger partial charge in [-0.25, -0.2) is 4.98 Å². The molecule has 0 atom stereocenters. The highest BCUT2D eigenvalue weighted by Gasteiger charge is 2.31. The zero-order valence-electron chi connectivity index (χ0n) is 13.3. The fourth-order valence-electron chi connectivity index (χ4n) is 3.06. The quantitative estimate of drug-likeness (QED) is 0.852. The molecule has 0 radical (unpaired) electrons. The average Bonchev–Trinajstić information content (AvgIpc) is 2.48.